The SMILES string of the molecule is O=C(O)CC1CCN(C2CCN3CCCCC23)C1. The van der Waals surface area contributed by atoms with Gasteiger partial charge in [-0.3, -0.25) is 14.6 Å². The average molecular weight is 252 g/mol. The van der Waals surface area contributed by atoms with E-state index in [1.165, 1.54) is 38.8 Å². The van der Waals surface area contributed by atoms with E-state index in [2.05, 4.69) is 9.80 Å². The van der Waals surface area contributed by atoms with E-state index >= 15 is 0 Å². The summed E-state index contributed by atoms with van der Waals surface area (Å²) in [5.74, 6) is -0.243. The monoisotopic (exact) mass is 252 g/mol. The van der Waals surface area contributed by atoms with Crippen molar-refractivity contribution < 1.29 is 9.90 Å². The maximum Gasteiger partial charge on any atom is 0.303 e. The van der Waals surface area contributed by atoms with Gasteiger partial charge in [0.2, 0.25) is 0 Å². The third kappa shape index (κ3) is 2.41. The molecule has 0 bridgehead atoms. The van der Waals surface area contributed by atoms with Crippen LogP contribution >= 0.6 is 0 Å². The second-order valence-electron chi connectivity index (χ2n) is 6.20. The van der Waals surface area contributed by atoms with Crippen molar-refractivity contribution in [1.29, 1.82) is 0 Å². The molecule has 3 unspecified atom stereocenters. The Kier molecular flexibility index (Phi) is 3.57. The summed E-state index contributed by atoms with van der Waals surface area (Å²) in [5, 5.41) is 8.89. The van der Waals surface area contributed by atoms with E-state index in [-0.39, 0.29) is 0 Å². The van der Waals surface area contributed by atoms with Gasteiger partial charge in [0.15, 0.2) is 0 Å². The summed E-state index contributed by atoms with van der Waals surface area (Å²) in [6.45, 7) is 4.68. The molecule has 3 heterocycles. The first-order valence-electron chi connectivity index (χ1n) is 7.44. The number of likely N-dealkylation sites (tertiary alicyclic amines) is 1. The number of nitrogens with zero attached hydrogens (tertiary/aromatic N) is 2. The van der Waals surface area contributed by atoms with Gasteiger partial charge in [-0.2, -0.15) is 0 Å². The number of piperidine rings is 1. The first kappa shape index (κ1) is 12.4. The largest absolute Gasteiger partial charge is 0.481 e. The van der Waals surface area contributed by atoms with Gasteiger partial charge in [0.25, 0.3) is 0 Å². The van der Waals surface area contributed by atoms with Crippen LogP contribution in [0.15, 0.2) is 0 Å². The second kappa shape index (κ2) is 5.17. The molecular weight excluding hydrogens is 228 g/mol. The molecule has 3 atom stereocenters. The Morgan fingerprint density at radius 2 is 1.78 bits per heavy atom. The smallest absolute Gasteiger partial charge is 0.303 e. The average Bonchev–Trinajstić information content (AvgIpc) is 2.94. The summed E-state index contributed by atoms with van der Waals surface area (Å²) in [5.41, 5.74) is 0. The molecule has 18 heavy (non-hydrogen) atoms. The van der Waals surface area contributed by atoms with E-state index in [4.69, 9.17) is 5.11 Å². The van der Waals surface area contributed by atoms with E-state index in [9.17, 15) is 4.79 Å². The normalized spacial score (nSPS) is 37.9. The number of rotatable bonds is 3. The van der Waals surface area contributed by atoms with E-state index in [1.807, 2.05) is 0 Å². The highest BCUT2D eigenvalue weighted by Gasteiger charge is 2.40. The molecule has 0 aromatic heterocycles. The van der Waals surface area contributed by atoms with Crippen molar-refractivity contribution in [2.75, 3.05) is 26.2 Å². The maximum absolute atomic E-state index is 10.8. The molecule has 0 amide bonds. The van der Waals surface area contributed by atoms with Gasteiger partial charge in [-0.1, -0.05) is 6.42 Å². The van der Waals surface area contributed by atoms with Crippen LogP contribution in [0.2, 0.25) is 0 Å². The van der Waals surface area contributed by atoms with Gasteiger partial charge < -0.3 is 5.11 Å². The second-order valence-corrected chi connectivity index (χ2v) is 6.20. The van der Waals surface area contributed by atoms with E-state index < -0.39 is 5.97 Å². The van der Waals surface area contributed by atoms with E-state index in [1.54, 1.807) is 0 Å². The first-order valence-corrected chi connectivity index (χ1v) is 7.44. The zero-order chi connectivity index (χ0) is 12.5. The standard InChI is InChI=1S/C14H24N2O2/c17-14(18)9-11-4-7-16(10-11)13-5-8-15-6-2-1-3-12(13)15/h11-13H,1-10H2,(H,17,18). The summed E-state index contributed by atoms with van der Waals surface area (Å²) in [6, 6.07) is 1.48. The van der Waals surface area contributed by atoms with Crippen LogP contribution in [0.3, 0.4) is 0 Å². The molecule has 0 saturated carbocycles. The highest BCUT2D eigenvalue weighted by Crippen LogP contribution is 2.33. The van der Waals surface area contributed by atoms with Crippen molar-refractivity contribution >= 4 is 5.97 Å². The Hall–Kier alpha value is -0.610. The van der Waals surface area contributed by atoms with Gasteiger partial charge in [-0.05, 0) is 44.7 Å². The van der Waals surface area contributed by atoms with Gasteiger partial charge in [-0.25, -0.2) is 0 Å². The molecular formula is C14H24N2O2. The van der Waals surface area contributed by atoms with Crippen LogP contribution in [-0.4, -0.2) is 59.1 Å². The molecule has 4 nitrogen and oxygen atoms in total. The summed E-state index contributed by atoms with van der Waals surface area (Å²) >= 11 is 0. The minimum Gasteiger partial charge on any atom is -0.481 e. The minimum absolute atomic E-state index is 0.359. The minimum atomic E-state index is -0.632. The molecule has 4 heteroatoms. The van der Waals surface area contributed by atoms with Crippen molar-refractivity contribution in [1.82, 2.24) is 9.80 Å². The number of hydrogen-bond acceptors (Lipinski definition) is 3. The van der Waals surface area contributed by atoms with Crippen LogP contribution in [0, 0.1) is 5.92 Å². The topological polar surface area (TPSA) is 43.8 Å². The Bertz CT molecular complexity index is 321. The molecule has 0 aliphatic carbocycles. The quantitative estimate of drug-likeness (QED) is 0.825. The Labute approximate surface area is 109 Å². The zero-order valence-electron chi connectivity index (χ0n) is 11.1. The van der Waals surface area contributed by atoms with Crippen LogP contribution in [0.1, 0.15) is 38.5 Å². The van der Waals surface area contributed by atoms with Crippen LogP contribution in [0.4, 0.5) is 0 Å². The summed E-state index contributed by atoms with van der Waals surface area (Å²) < 4.78 is 0. The number of carboxylic acid groups (broad SMARTS) is 1. The zero-order valence-corrected chi connectivity index (χ0v) is 11.1. The molecule has 3 aliphatic rings. The van der Waals surface area contributed by atoms with Crippen molar-refractivity contribution in [2.24, 2.45) is 5.92 Å². The van der Waals surface area contributed by atoms with Crippen LogP contribution in [0.5, 0.6) is 0 Å². The van der Waals surface area contributed by atoms with Crippen LogP contribution in [0.25, 0.3) is 0 Å². The van der Waals surface area contributed by atoms with Crippen molar-refractivity contribution in [3.63, 3.8) is 0 Å². The number of aliphatic carboxylic acids is 1. The van der Waals surface area contributed by atoms with Gasteiger partial charge in [-0.15, -0.1) is 0 Å². The lowest BCUT2D eigenvalue weighted by molar-refractivity contribution is -0.138. The molecule has 102 valence electrons. The third-order valence-corrected chi connectivity index (χ3v) is 5.07. The van der Waals surface area contributed by atoms with Crippen LogP contribution in [-0.2, 0) is 4.79 Å². The molecule has 3 saturated heterocycles. The van der Waals surface area contributed by atoms with Crippen molar-refractivity contribution in [2.45, 2.75) is 50.6 Å². The highest BCUT2D eigenvalue weighted by atomic mass is 16.4. The third-order valence-electron chi connectivity index (χ3n) is 5.07. The lowest BCUT2D eigenvalue weighted by Gasteiger charge is -2.36. The number of carbonyl (C=O) groups is 1. The maximum atomic E-state index is 10.8. The lowest BCUT2D eigenvalue weighted by atomic mass is 9.98. The summed E-state index contributed by atoms with van der Waals surface area (Å²) in [7, 11) is 0. The molecule has 1 N–H and O–H groups in total. The van der Waals surface area contributed by atoms with Gasteiger partial charge in [0, 0.05) is 31.6 Å². The predicted octanol–water partition coefficient (Wildman–Crippen LogP) is 1.41. The first-order chi connectivity index (χ1) is 8.74. The Morgan fingerprint density at radius 3 is 2.61 bits per heavy atom. The van der Waals surface area contributed by atoms with Gasteiger partial charge in [0.1, 0.15) is 0 Å². The fourth-order valence-corrected chi connectivity index (χ4v) is 4.22. The fraction of sp³-hybridized carbons (Fsp3) is 0.929. The number of hydrogen-bond donors (Lipinski definition) is 1. The van der Waals surface area contributed by atoms with Crippen molar-refractivity contribution in [3.8, 4) is 0 Å². The number of carboxylic acids is 1. The molecule has 3 fully saturated rings. The van der Waals surface area contributed by atoms with E-state index in [0.29, 0.717) is 18.4 Å². The molecule has 0 aromatic rings. The van der Waals surface area contributed by atoms with Gasteiger partial charge in [0.05, 0.1) is 0 Å². The van der Waals surface area contributed by atoms with Crippen molar-refractivity contribution in [3.05, 3.63) is 0 Å². The predicted molar refractivity (Wildman–Crippen MR) is 69.5 cm³/mol. The molecule has 0 aromatic carbocycles. The lowest BCUT2D eigenvalue weighted by Crippen LogP contribution is -2.46. The molecule has 3 rings (SSSR count). The Morgan fingerprint density at radius 1 is 1.00 bits per heavy atom. The molecule has 0 radical (unpaired) electrons. The summed E-state index contributed by atoms with van der Waals surface area (Å²) in [6.07, 6.45) is 6.83. The fourth-order valence-electron chi connectivity index (χ4n) is 4.22. The highest BCUT2D eigenvalue weighted by molar-refractivity contribution is 5.67. The van der Waals surface area contributed by atoms with Gasteiger partial charge >= 0.3 is 5.97 Å². The van der Waals surface area contributed by atoms with Crippen LogP contribution < -0.4 is 0 Å². The Balaban J connectivity index is 1.57. The van der Waals surface area contributed by atoms with E-state index in [0.717, 1.165) is 25.6 Å². The molecule has 3 aliphatic heterocycles. The molecule has 0 spiro atoms. The summed E-state index contributed by atoms with van der Waals surface area (Å²) in [4.78, 5) is 16.0. The number of fused-ring (bicyclic) bond motifs is 1.